The van der Waals surface area contributed by atoms with Crippen molar-refractivity contribution < 1.29 is 33.3 Å². The van der Waals surface area contributed by atoms with Crippen molar-refractivity contribution in [3.8, 4) is 11.5 Å². The Morgan fingerprint density at radius 3 is 2.03 bits per heavy atom. The maximum atomic E-state index is 12.1. The van der Waals surface area contributed by atoms with E-state index in [0.29, 0.717) is 28.5 Å². The molecule has 4 rings (SSSR count). The minimum atomic E-state index is -0.946. The second-order valence-corrected chi connectivity index (χ2v) is 7.69. The Kier molecular flexibility index (Phi) is 8.68. The number of imidazole rings is 1. The van der Waals surface area contributed by atoms with Gasteiger partial charge in [-0.25, -0.2) is 14.6 Å². The molecule has 2 heterocycles. The highest BCUT2D eigenvalue weighted by Gasteiger charge is 2.19. The molecule has 13 heteroatoms. The van der Waals surface area contributed by atoms with Gasteiger partial charge in [-0.3, -0.25) is 4.57 Å². The van der Waals surface area contributed by atoms with Crippen LogP contribution < -0.4 is 14.8 Å². The van der Waals surface area contributed by atoms with Crippen molar-refractivity contribution in [1.82, 2.24) is 19.5 Å². The van der Waals surface area contributed by atoms with E-state index >= 15 is 0 Å². The molecule has 0 radical (unpaired) electrons. The Bertz CT molecular complexity index is 1280. The van der Waals surface area contributed by atoms with Gasteiger partial charge in [0.2, 0.25) is 5.28 Å². The molecule has 12 nitrogen and oxygen atoms in total. The van der Waals surface area contributed by atoms with Gasteiger partial charge in [0.15, 0.2) is 17.0 Å². The summed E-state index contributed by atoms with van der Waals surface area (Å²) in [7, 11) is 1.68. The third-order valence-electron chi connectivity index (χ3n) is 4.79. The van der Waals surface area contributed by atoms with Crippen LogP contribution in [-0.4, -0.2) is 58.2 Å². The quantitative estimate of drug-likeness (QED) is 0.179. The number of carbonyl (C=O) groups is 2. The van der Waals surface area contributed by atoms with E-state index in [9.17, 15) is 9.59 Å². The van der Waals surface area contributed by atoms with Crippen molar-refractivity contribution in [2.24, 2.45) is 0 Å². The summed E-state index contributed by atoms with van der Waals surface area (Å²) in [5.41, 5.74) is 0.898. The van der Waals surface area contributed by atoms with E-state index in [4.69, 9.17) is 35.3 Å². The van der Waals surface area contributed by atoms with Crippen LogP contribution in [0.15, 0.2) is 67.0 Å². The summed E-state index contributed by atoms with van der Waals surface area (Å²) in [6, 6.07) is 16.8. The van der Waals surface area contributed by atoms with Crippen molar-refractivity contribution in [2.75, 3.05) is 25.6 Å². The van der Waals surface area contributed by atoms with Crippen molar-refractivity contribution in [3.05, 3.63) is 72.3 Å². The zero-order valence-electron chi connectivity index (χ0n) is 19.6. The van der Waals surface area contributed by atoms with E-state index in [2.05, 4.69) is 20.3 Å². The maximum absolute atomic E-state index is 12.1. The fraction of sp³-hybridized carbons (Fsp3) is 0.208. The molecule has 2 aromatic heterocycles. The molecule has 37 heavy (non-hydrogen) atoms. The first-order valence-electron chi connectivity index (χ1n) is 11.0. The fourth-order valence-electron chi connectivity index (χ4n) is 3.07. The van der Waals surface area contributed by atoms with E-state index in [1.807, 2.05) is 0 Å². The largest absolute Gasteiger partial charge is 0.513 e. The second kappa shape index (κ2) is 12.5. The predicted octanol–water partition coefficient (Wildman–Crippen LogP) is 4.30. The Labute approximate surface area is 216 Å². The predicted molar refractivity (Wildman–Crippen MR) is 132 cm³/mol. The van der Waals surface area contributed by atoms with Crippen LogP contribution in [0.2, 0.25) is 5.28 Å². The van der Waals surface area contributed by atoms with Crippen molar-refractivity contribution >= 4 is 40.9 Å². The molecule has 0 fully saturated rings. The molecular weight excluding hydrogens is 506 g/mol. The average molecular weight is 528 g/mol. The topological polar surface area (TPSA) is 136 Å². The van der Waals surface area contributed by atoms with Gasteiger partial charge in [-0.15, -0.1) is 0 Å². The summed E-state index contributed by atoms with van der Waals surface area (Å²) in [6.07, 6.45) is -1.29. The van der Waals surface area contributed by atoms with Gasteiger partial charge in [-0.05, 0) is 35.9 Å². The lowest BCUT2D eigenvalue weighted by Gasteiger charge is -2.18. The van der Waals surface area contributed by atoms with Gasteiger partial charge in [0.05, 0.1) is 6.33 Å². The smallest absolute Gasteiger partial charge is 0.431 e. The Morgan fingerprint density at radius 1 is 0.919 bits per heavy atom. The first-order chi connectivity index (χ1) is 18.0. The summed E-state index contributed by atoms with van der Waals surface area (Å²) in [6.45, 7) is -0.644. The van der Waals surface area contributed by atoms with Gasteiger partial charge in [-0.2, -0.15) is 9.97 Å². The minimum Gasteiger partial charge on any atom is -0.431 e. The van der Waals surface area contributed by atoms with Crippen molar-refractivity contribution in [1.29, 1.82) is 0 Å². The van der Waals surface area contributed by atoms with Gasteiger partial charge in [0.25, 0.3) is 0 Å². The molecule has 192 valence electrons. The van der Waals surface area contributed by atoms with Crippen LogP contribution >= 0.6 is 11.6 Å². The highest BCUT2D eigenvalue weighted by atomic mass is 35.5. The first-order valence-corrected chi connectivity index (χ1v) is 11.4. The number of hydrogen-bond donors (Lipinski definition) is 1. The van der Waals surface area contributed by atoms with Crippen LogP contribution in [-0.2, 0) is 20.9 Å². The molecule has 0 bridgehead atoms. The van der Waals surface area contributed by atoms with Crippen LogP contribution in [0.4, 0.5) is 15.4 Å². The first kappa shape index (κ1) is 25.7. The zero-order chi connectivity index (χ0) is 26.0. The third-order valence-corrected chi connectivity index (χ3v) is 4.95. The number of ether oxygens (including phenoxy) is 5. The lowest BCUT2D eigenvalue weighted by atomic mass is 10.3. The van der Waals surface area contributed by atoms with Crippen LogP contribution in [0.5, 0.6) is 11.5 Å². The number of carbonyl (C=O) groups excluding carboxylic acids is 2. The van der Waals surface area contributed by atoms with E-state index in [1.165, 1.54) is 6.33 Å². The number of halogens is 1. The molecule has 0 aliphatic heterocycles. The molecule has 0 spiro atoms. The molecule has 0 aliphatic rings. The highest BCUT2D eigenvalue weighted by Crippen LogP contribution is 2.20. The van der Waals surface area contributed by atoms with E-state index in [1.54, 1.807) is 72.3 Å². The molecule has 1 N–H and O–H groups in total. The van der Waals surface area contributed by atoms with Crippen LogP contribution in [0.1, 0.15) is 0 Å². The number of rotatable bonds is 10. The van der Waals surface area contributed by atoms with Crippen LogP contribution in [0.25, 0.3) is 11.2 Å². The summed E-state index contributed by atoms with van der Waals surface area (Å²) in [5.74, 6) is 1.08. The number of fused-ring (bicyclic) bond motifs is 1. The van der Waals surface area contributed by atoms with Crippen molar-refractivity contribution in [2.45, 2.75) is 12.8 Å². The molecule has 0 aliphatic carbocycles. The number of aromatic nitrogens is 4. The maximum Gasteiger partial charge on any atom is 0.513 e. The summed E-state index contributed by atoms with van der Waals surface area (Å²) < 4.78 is 28.0. The van der Waals surface area contributed by atoms with Gasteiger partial charge in [-0.1, -0.05) is 36.4 Å². The monoisotopic (exact) mass is 527 g/mol. The van der Waals surface area contributed by atoms with E-state index in [0.717, 1.165) is 0 Å². The molecule has 0 saturated carbocycles. The number of nitrogens with zero attached hydrogens (tertiary/aromatic N) is 4. The minimum absolute atomic E-state index is 0.0223. The van der Waals surface area contributed by atoms with Gasteiger partial charge in [0.1, 0.15) is 37.5 Å². The second-order valence-electron chi connectivity index (χ2n) is 7.35. The normalized spacial score (nSPS) is 10.8. The summed E-state index contributed by atoms with van der Waals surface area (Å²) >= 11 is 6.01. The Hall–Kier alpha value is -4.42. The lowest BCUT2D eigenvalue weighted by molar-refractivity contribution is -0.0631. The molecule has 2 aromatic carbocycles. The Morgan fingerprint density at radius 2 is 1.49 bits per heavy atom. The average Bonchev–Trinajstić information content (AvgIpc) is 3.31. The standard InChI is InChI=1S/C24H22ClN5O7/c1-26-20-19-21(29-22(25)28-20)30(14-27-19)15-35-18(12-33-23(31)36-16-8-4-2-5-9-16)13-34-24(32)37-17-10-6-3-7-11-17/h2-11,14,18H,12-13,15H2,1H3,(H,26,28,29). The highest BCUT2D eigenvalue weighted by molar-refractivity contribution is 6.28. The number of benzene rings is 2. The van der Waals surface area contributed by atoms with Gasteiger partial charge >= 0.3 is 12.3 Å². The fourth-order valence-corrected chi connectivity index (χ4v) is 3.23. The third kappa shape index (κ3) is 7.29. The molecular formula is C24H22ClN5O7. The molecule has 0 saturated heterocycles. The zero-order valence-corrected chi connectivity index (χ0v) is 20.3. The molecule has 4 aromatic rings. The van der Waals surface area contributed by atoms with Crippen molar-refractivity contribution in [3.63, 3.8) is 0 Å². The van der Waals surface area contributed by atoms with Gasteiger partial charge in [0, 0.05) is 7.05 Å². The van der Waals surface area contributed by atoms with Gasteiger partial charge < -0.3 is 29.0 Å². The SMILES string of the molecule is CNc1nc(Cl)nc2c1ncn2COC(COC(=O)Oc1ccccc1)COC(=O)Oc1ccccc1. The summed E-state index contributed by atoms with van der Waals surface area (Å²) in [5, 5.41) is 2.92. The van der Waals surface area contributed by atoms with E-state index < -0.39 is 18.4 Å². The van der Waals surface area contributed by atoms with Crippen LogP contribution in [0.3, 0.4) is 0 Å². The number of hydrogen-bond acceptors (Lipinski definition) is 11. The molecule has 0 atom stereocenters. The number of anilines is 1. The van der Waals surface area contributed by atoms with Crippen LogP contribution in [0, 0.1) is 0 Å². The summed E-state index contributed by atoms with van der Waals surface area (Å²) in [4.78, 5) is 36.8. The molecule has 0 amide bonds. The number of para-hydroxylation sites is 2. The number of nitrogens with one attached hydrogen (secondary N) is 1. The van der Waals surface area contributed by atoms with E-state index in [-0.39, 0.29) is 25.2 Å². The molecule has 0 unspecified atom stereocenters. The lowest BCUT2D eigenvalue weighted by Crippen LogP contribution is -2.30. The Balaban J connectivity index is 1.39.